The molecule has 2 aromatic carbocycles. The Morgan fingerprint density at radius 2 is 1.83 bits per heavy atom. The molecule has 0 aliphatic carbocycles. The van der Waals surface area contributed by atoms with Crippen LogP contribution in [0.5, 0.6) is 5.06 Å². The van der Waals surface area contributed by atoms with Crippen LogP contribution in [0.25, 0.3) is 10.4 Å². The molecule has 3 aromatic rings. The molecule has 1 amide bonds. The standard InChI is InChI=1S/C21H19ClN2O4S/c1-12(2)24(19(25)15-9-8-14(22)10-16(15)23)17-11-18(13-6-4-3-5-7-13)29-20(17)28-21(26)27/h3-12H,23H2,1-2H3,(H,26,27). The van der Waals surface area contributed by atoms with Crippen molar-refractivity contribution in [1.29, 1.82) is 0 Å². The molecule has 6 nitrogen and oxygen atoms in total. The number of nitrogen functional groups attached to an aromatic ring is 1. The predicted molar refractivity (Wildman–Crippen MR) is 116 cm³/mol. The first-order valence-corrected chi connectivity index (χ1v) is 9.96. The lowest BCUT2D eigenvalue weighted by Gasteiger charge is -2.27. The second kappa shape index (κ2) is 8.55. The maximum atomic E-state index is 13.3. The third-order valence-electron chi connectivity index (χ3n) is 4.16. The number of anilines is 2. The van der Waals surface area contributed by atoms with Crippen LogP contribution in [0.1, 0.15) is 24.2 Å². The Balaban J connectivity index is 2.11. The van der Waals surface area contributed by atoms with Crippen LogP contribution in [0, 0.1) is 0 Å². The third kappa shape index (κ3) is 4.52. The summed E-state index contributed by atoms with van der Waals surface area (Å²) in [6.07, 6.45) is -1.45. The fraction of sp³-hybridized carbons (Fsp3) is 0.143. The van der Waals surface area contributed by atoms with E-state index in [9.17, 15) is 9.59 Å². The van der Waals surface area contributed by atoms with Crippen molar-refractivity contribution in [2.75, 3.05) is 10.6 Å². The van der Waals surface area contributed by atoms with E-state index in [-0.39, 0.29) is 28.3 Å². The first-order valence-electron chi connectivity index (χ1n) is 8.76. The van der Waals surface area contributed by atoms with Gasteiger partial charge in [0.15, 0.2) is 0 Å². The molecule has 0 radical (unpaired) electrons. The van der Waals surface area contributed by atoms with Crippen molar-refractivity contribution in [2.24, 2.45) is 0 Å². The van der Waals surface area contributed by atoms with Gasteiger partial charge in [0, 0.05) is 21.6 Å². The van der Waals surface area contributed by atoms with Crippen molar-refractivity contribution in [3.63, 3.8) is 0 Å². The number of carbonyl (C=O) groups excluding carboxylic acids is 1. The smallest absolute Gasteiger partial charge is 0.449 e. The molecule has 0 aliphatic rings. The summed E-state index contributed by atoms with van der Waals surface area (Å²) in [5, 5.41) is 9.71. The van der Waals surface area contributed by atoms with Gasteiger partial charge in [0.05, 0.1) is 11.3 Å². The van der Waals surface area contributed by atoms with E-state index in [1.807, 2.05) is 44.2 Å². The molecule has 0 fully saturated rings. The molecule has 0 unspecified atom stereocenters. The van der Waals surface area contributed by atoms with Crippen LogP contribution in [-0.2, 0) is 0 Å². The Morgan fingerprint density at radius 3 is 2.41 bits per heavy atom. The Kier molecular flexibility index (Phi) is 6.10. The Bertz CT molecular complexity index is 1050. The van der Waals surface area contributed by atoms with Crippen LogP contribution in [-0.4, -0.2) is 23.2 Å². The number of nitrogens with two attached hydrogens (primary N) is 1. The van der Waals surface area contributed by atoms with Gasteiger partial charge in [0.2, 0.25) is 5.06 Å². The summed E-state index contributed by atoms with van der Waals surface area (Å²) in [4.78, 5) is 26.8. The summed E-state index contributed by atoms with van der Waals surface area (Å²) in [7, 11) is 0. The van der Waals surface area contributed by atoms with E-state index < -0.39 is 6.16 Å². The van der Waals surface area contributed by atoms with E-state index in [4.69, 9.17) is 27.2 Å². The molecule has 29 heavy (non-hydrogen) atoms. The summed E-state index contributed by atoms with van der Waals surface area (Å²) in [6, 6.07) is 15.6. The number of hydrogen-bond donors (Lipinski definition) is 2. The van der Waals surface area contributed by atoms with Crippen LogP contribution in [0.15, 0.2) is 54.6 Å². The van der Waals surface area contributed by atoms with E-state index >= 15 is 0 Å². The highest BCUT2D eigenvalue weighted by atomic mass is 35.5. The van der Waals surface area contributed by atoms with Crippen LogP contribution in [0.4, 0.5) is 16.2 Å². The van der Waals surface area contributed by atoms with Crippen LogP contribution >= 0.6 is 22.9 Å². The SMILES string of the molecule is CC(C)N(C(=O)c1ccc(Cl)cc1N)c1cc(-c2ccccc2)sc1OC(=O)O. The summed E-state index contributed by atoms with van der Waals surface area (Å²) in [5.41, 5.74) is 7.77. The number of halogens is 1. The van der Waals surface area contributed by atoms with E-state index in [0.717, 1.165) is 21.8 Å². The van der Waals surface area contributed by atoms with Crippen molar-refractivity contribution in [1.82, 2.24) is 0 Å². The van der Waals surface area contributed by atoms with Gasteiger partial charge in [-0.2, -0.15) is 0 Å². The van der Waals surface area contributed by atoms with Gasteiger partial charge in [-0.3, -0.25) is 4.79 Å². The number of rotatable bonds is 5. The maximum absolute atomic E-state index is 13.3. The Hall–Kier alpha value is -3.03. The molecule has 0 saturated heterocycles. The molecular formula is C21H19ClN2O4S. The second-order valence-electron chi connectivity index (χ2n) is 6.52. The average Bonchev–Trinajstić information content (AvgIpc) is 3.05. The Morgan fingerprint density at radius 1 is 1.14 bits per heavy atom. The zero-order chi connectivity index (χ0) is 21.1. The van der Waals surface area contributed by atoms with Gasteiger partial charge in [0.25, 0.3) is 5.91 Å². The molecule has 150 valence electrons. The minimum atomic E-state index is -1.45. The molecule has 3 rings (SSSR count). The molecule has 8 heteroatoms. The predicted octanol–water partition coefficient (Wildman–Crippen LogP) is 5.76. The van der Waals surface area contributed by atoms with Crippen molar-refractivity contribution in [3.05, 3.63) is 65.2 Å². The lowest BCUT2D eigenvalue weighted by Crippen LogP contribution is -2.37. The summed E-state index contributed by atoms with van der Waals surface area (Å²) in [5.74, 6) is -0.373. The van der Waals surface area contributed by atoms with Crippen molar-refractivity contribution in [3.8, 4) is 15.5 Å². The zero-order valence-electron chi connectivity index (χ0n) is 15.8. The number of ether oxygens (including phenoxy) is 1. The maximum Gasteiger partial charge on any atom is 0.512 e. The quantitative estimate of drug-likeness (QED) is 0.396. The van der Waals surface area contributed by atoms with Crippen molar-refractivity contribution < 1.29 is 19.4 Å². The van der Waals surface area contributed by atoms with Crippen LogP contribution in [0.3, 0.4) is 0 Å². The fourth-order valence-electron chi connectivity index (χ4n) is 2.91. The lowest BCUT2D eigenvalue weighted by atomic mass is 10.1. The number of hydrogen-bond acceptors (Lipinski definition) is 5. The zero-order valence-corrected chi connectivity index (χ0v) is 17.3. The largest absolute Gasteiger partial charge is 0.512 e. The fourth-order valence-corrected chi connectivity index (χ4v) is 4.09. The summed E-state index contributed by atoms with van der Waals surface area (Å²) >= 11 is 7.10. The third-order valence-corrected chi connectivity index (χ3v) is 5.44. The van der Waals surface area contributed by atoms with Crippen LogP contribution in [0.2, 0.25) is 5.02 Å². The van der Waals surface area contributed by atoms with Gasteiger partial charge in [-0.05, 0) is 43.7 Å². The molecule has 3 N–H and O–H groups in total. The minimum absolute atomic E-state index is 0.117. The first kappa shape index (κ1) is 20.7. The van der Waals surface area contributed by atoms with Crippen LogP contribution < -0.4 is 15.4 Å². The highest BCUT2D eigenvalue weighted by molar-refractivity contribution is 7.18. The van der Waals surface area contributed by atoms with E-state index in [2.05, 4.69) is 0 Å². The number of carboxylic acid groups (broad SMARTS) is 1. The van der Waals surface area contributed by atoms with E-state index in [1.54, 1.807) is 18.2 Å². The summed E-state index contributed by atoms with van der Waals surface area (Å²) in [6.45, 7) is 3.66. The van der Waals surface area contributed by atoms with E-state index in [1.165, 1.54) is 11.0 Å². The van der Waals surface area contributed by atoms with Gasteiger partial charge in [-0.15, -0.1) is 0 Å². The molecule has 0 aliphatic heterocycles. The molecule has 0 saturated carbocycles. The van der Waals surface area contributed by atoms with Crippen molar-refractivity contribution >= 4 is 46.4 Å². The van der Waals surface area contributed by atoms with Gasteiger partial charge < -0.3 is 20.5 Å². The highest BCUT2D eigenvalue weighted by Gasteiger charge is 2.28. The Labute approximate surface area is 177 Å². The monoisotopic (exact) mass is 430 g/mol. The van der Waals surface area contributed by atoms with Crippen molar-refractivity contribution in [2.45, 2.75) is 19.9 Å². The molecular weight excluding hydrogens is 412 g/mol. The average molecular weight is 431 g/mol. The van der Waals surface area contributed by atoms with Gasteiger partial charge in [-0.1, -0.05) is 53.3 Å². The molecule has 0 spiro atoms. The highest BCUT2D eigenvalue weighted by Crippen LogP contribution is 2.44. The number of benzene rings is 2. The van der Waals surface area contributed by atoms with Gasteiger partial charge in [-0.25, -0.2) is 4.79 Å². The molecule has 1 aromatic heterocycles. The minimum Gasteiger partial charge on any atom is -0.449 e. The van der Waals surface area contributed by atoms with Gasteiger partial charge in [0.1, 0.15) is 0 Å². The number of amides is 1. The van der Waals surface area contributed by atoms with E-state index in [0.29, 0.717) is 10.7 Å². The number of thiophene rings is 1. The summed E-state index contributed by atoms with van der Waals surface area (Å²) < 4.78 is 5.00. The number of nitrogens with zero attached hydrogens (tertiary/aromatic N) is 1. The first-order chi connectivity index (χ1) is 13.8. The molecule has 0 bridgehead atoms. The molecule has 1 heterocycles. The number of carbonyl (C=O) groups is 2. The normalized spacial score (nSPS) is 10.8. The second-order valence-corrected chi connectivity index (χ2v) is 7.97. The lowest BCUT2D eigenvalue weighted by molar-refractivity contribution is 0.0979. The topological polar surface area (TPSA) is 92.9 Å². The molecule has 0 atom stereocenters. The van der Waals surface area contributed by atoms with Gasteiger partial charge >= 0.3 is 6.16 Å².